The van der Waals surface area contributed by atoms with E-state index in [4.69, 9.17) is 9.97 Å². The highest BCUT2D eigenvalue weighted by molar-refractivity contribution is 5.82. The van der Waals surface area contributed by atoms with E-state index in [-0.39, 0.29) is 12.5 Å². The third kappa shape index (κ3) is 3.64. The first-order chi connectivity index (χ1) is 11.6. The molecule has 0 spiro atoms. The van der Waals surface area contributed by atoms with Gasteiger partial charge in [0.1, 0.15) is 0 Å². The number of methoxy groups -OCH3 is 1. The Balaban J connectivity index is 1.67. The van der Waals surface area contributed by atoms with Gasteiger partial charge in [0.2, 0.25) is 5.95 Å². The number of aryl methyl sites for hydroxylation is 2. The van der Waals surface area contributed by atoms with Crippen LogP contribution in [0.25, 0.3) is 10.9 Å². The van der Waals surface area contributed by atoms with Crippen molar-refractivity contribution in [1.82, 2.24) is 15.3 Å². The van der Waals surface area contributed by atoms with E-state index in [1.54, 1.807) is 0 Å². The predicted octanol–water partition coefficient (Wildman–Crippen LogP) is 1.98. The number of rotatable bonds is 4. The molecule has 3 rings (SSSR count). The maximum atomic E-state index is 11.2. The molecule has 128 valence electrons. The molecule has 2 heterocycles. The van der Waals surface area contributed by atoms with Gasteiger partial charge in [0.25, 0.3) is 0 Å². The monoisotopic (exact) mass is 328 g/mol. The summed E-state index contributed by atoms with van der Waals surface area (Å²) < 4.78 is 4.66. The molecule has 1 aromatic carbocycles. The Hall–Kier alpha value is -2.21. The van der Waals surface area contributed by atoms with Gasteiger partial charge in [-0.3, -0.25) is 4.79 Å². The number of esters is 1. The van der Waals surface area contributed by atoms with Gasteiger partial charge in [-0.2, -0.15) is 0 Å². The first kappa shape index (κ1) is 16.6. The van der Waals surface area contributed by atoms with Crippen LogP contribution in [0.2, 0.25) is 0 Å². The van der Waals surface area contributed by atoms with Gasteiger partial charge in [0.05, 0.1) is 24.9 Å². The Bertz CT molecular complexity index is 739. The summed E-state index contributed by atoms with van der Waals surface area (Å²) in [6, 6.07) is 6.62. The van der Waals surface area contributed by atoms with Crippen LogP contribution in [0.15, 0.2) is 18.2 Å². The second-order valence-electron chi connectivity index (χ2n) is 6.35. The molecule has 6 heteroatoms. The zero-order valence-corrected chi connectivity index (χ0v) is 14.5. The first-order valence-corrected chi connectivity index (χ1v) is 8.37. The van der Waals surface area contributed by atoms with Crippen LogP contribution >= 0.6 is 0 Å². The van der Waals surface area contributed by atoms with Crippen LogP contribution in [0.5, 0.6) is 0 Å². The molecular formula is C18H24N4O2. The zero-order chi connectivity index (χ0) is 17.1. The SMILES string of the molecule is COC(=O)CNC1CCN(c2nc(C)c3cc(C)ccc3n2)CC1. The van der Waals surface area contributed by atoms with E-state index in [9.17, 15) is 4.79 Å². The van der Waals surface area contributed by atoms with Crippen LogP contribution in [0.4, 0.5) is 5.95 Å². The highest BCUT2D eigenvalue weighted by atomic mass is 16.5. The summed E-state index contributed by atoms with van der Waals surface area (Å²) in [6.45, 7) is 6.16. The van der Waals surface area contributed by atoms with Crippen molar-refractivity contribution in [3.8, 4) is 0 Å². The van der Waals surface area contributed by atoms with E-state index in [2.05, 4.69) is 40.1 Å². The molecule has 24 heavy (non-hydrogen) atoms. The lowest BCUT2D eigenvalue weighted by Crippen LogP contribution is -2.44. The van der Waals surface area contributed by atoms with Gasteiger partial charge in [-0.15, -0.1) is 0 Å². The maximum absolute atomic E-state index is 11.2. The van der Waals surface area contributed by atoms with Gasteiger partial charge in [0, 0.05) is 24.5 Å². The highest BCUT2D eigenvalue weighted by Gasteiger charge is 2.22. The summed E-state index contributed by atoms with van der Waals surface area (Å²) in [4.78, 5) is 22.9. The molecule has 1 saturated heterocycles. The van der Waals surface area contributed by atoms with Crippen molar-refractivity contribution in [2.24, 2.45) is 0 Å². The number of hydrogen-bond donors (Lipinski definition) is 1. The number of nitrogens with zero attached hydrogens (tertiary/aromatic N) is 3. The quantitative estimate of drug-likeness (QED) is 0.866. The van der Waals surface area contributed by atoms with Crippen LogP contribution in [-0.4, -0.2) is 48.7 Å². The van der Waals surface area contributed by atoms with Gasteiger partial charge in [-0.05, 0) is 38.8 Å². The summed E-state index contributed by atoms with van der Waals surface area (Å²) in [6.07, 6.45) is 1.93. The van der Waals surface area contributed by atoms with Gasteiger partial charge in [-0.25, -0.2) is 9.97 Å². The number of hydrogen-bond acceptors (Lipinski definition) is 6. The Kier molecular flexibility index (Phi) is 4.94. The van der Waals surface area contributed by atoms with Gasteiger partial charge >= 0.3 is 5.97 Å². The number of aromatic nitrogens is 2. The summed E-state index contributed by atoms with van der Waals surface area (Å²) in [5, 5.41) is 4.37. The van der Waals surface area contributed by atoms with Crippen LogP contribution in [0.3, 0.4) is 0 Å². The van der Waals surface area contributed by atoms with Crippen molar-refractivity contribution in [2.75, 3.05) is 31.6 Å². The number of carbonyl (C=O) groups is 1. The average molecular weight is 328 g/mol. The number of piperidine rings is 1. The molecule has 6 nitrogen and oxygen atoms in total. The molecule has 1 fully saturated rings. The van der Waals surface area contributed by atoms with Crippen LogP contribution in [0.1, 0.15) is 24.1 Å². The Morgan fingerprint density at radius 1 is 1.29 bits per heavy atom. The smallest absolute Gasteiger partial charge is 0.319 e. The molecule has 0 bridgehead atoms. The number of benzene rings is 1. The topological polar surface area (TPSA) is 67.3 Å². The molecule has 0 saturated carbocycles. The number of ether oxygens (including phenoxy) is 1. The van der Waals surface area contributed by atoms with Crippen molar-refractivity contribution in [3.63, 3.8) is 0 Å². The van der Waals surface area contributed by atoms with E-state index in [1.165, 1.54) is 12.7 Å². The van der Waals surface area contributed by atoms with E-state index in [0.717, 1.165) is 48.5 Å². The second-order valence-corrected chi connectivity index (χ2v) is 6.35. The average Bonchev–Trinajstić information content (AvgIpc) is 2.60. The van der Waals surface area contributed by atoms with E-state index < -0.39 is 0 Å². The van der Waals surface area contributed by atoms with Gasteiger partial charge < -0.3 is 15.0 Å². The number of anilines is 1. The van der Waals surface area contributed by atoms with Crippen LogP contribution < -0.4 is 10.2 Å². The summed E-state index contributed by atoms with van der Waals surface area (Å²) in [7, 11) is 1.41. The highest BCUT2D eigenvalue weighted by Crippen LogP contribution is 2.22. The number of carbonyl (C=O) groups excluding carboxylic acids is 1. The fourth-order valence-electron chi connectivity index (χ4n) is 3.11. The third-order valence-corrected chi connectivity index (χ3v) is 4.57. The lowest BCUT2D eigenvalue weighted by molar-refractivity contribution is -0.139. The number of fused-ring (bicyclic) bond motifs is 1. The van der Waals surface area contributed by atoms with Crippen LogP contribution in [-0.2, 0) is 9.53 Å². The largest absolute Gasteiger partial charge is 0.468 e. The Labute approximate surface area is 142 Å². The fourth-order valence-corrected chi connectivity index (χ4v) is 3.11. The molecule has 0 atom stereocenters. The summed E-state index contributed by atoms with van der Waals surface area (Å²) in [5.74, 6) is 0.580. The van der Waals surface area contributed by atoms with Crippen LogP contribution in [0, 0.1) is 13.8 Å². The fraction of sp³-hybridized carbons (Fsp3) is 0.500. The van der Waals surface area contributed by atoms with Gasteiger partial charge in [0.15, 0.2) is 0 Å². The zero-order valence-electron chi connectivity index (χ0n) is 14.5. The molecule has 1 aliphatic heterocycles. The molecule has 0 amide bonds. The minimum atomic E-state index is -0.221. The lowest BCUT2D eigenvalue weighted by Gasteiger charge is -2.32. The summed E-state index contributed by atoms with van der Waals surface area (Å²) in [5.41, 5.74) is 3.23. The Morgan fingerprint density at radius 3 is 2.75 bits per heavy atom. The molecule has 1 N–H and O–H groups in total. The van der Waals surface area contributed by atoms with Crippen molar-refractivity contribution < 1.29 is 9.53 Å². The van der Waals surface area contributed by atoms with Crippen molar-refractivity contribution in [1.29, 1.82) is 0 Å². The first-order valence-electron chi connectivity index (χ1n) is 8.37. The lowest BCUT2D eigenvalue weighted by atomic mass is 10.1. The molecule has 0 unspecified atom stereocenters. The van der Waals surface area contributed by atoms with E-state index in [1.807, 2.05) is 6.92 Å². The predicted molar refractivity (Wildman–Crippen MR) is 94.3 cm³/mol. The van der Waals surface area contributed by atoms with Crippen molar-refractivity contribution >= 4 is 22.8 Å². The minimum absolute atomic E-state index is 0.221. The summed E-state index contributed by atoms with van der Waals surface area (Å²) >= 11 is 0. The molecular weight excluding hydrogens is 304 g/mol. The normalized spacial score (nSPS) is 15.7. The maximum Gasteiger partial charge on any atom is 0.319 e. The molecule has 1 aliphatic rings. The standard InChI is InChI=1S/C18H24N4O2/c1-12-4-5-16-15(10-12)13(2)20-18(21-16)22-8-6-14(7-9-22)19-11-17(23)24-3/h4-5,10,14,19H,6-9,11H2,1-3H3. The second kappa shape index (κ2) is 7.13. The van der Waals surface area contributed by atoms with E-state index >= 15 is 0 Å². The van der Waals surface area contributed by atoms with Crippen molar-refractivity contribution in [3.05, 3.63) is 29.5 Å². The Morgan fingerprint density at radius 2 is 2.04 bits per heavy atom. The molecule has 0 radical (unpaired) electrons. The third-order valence-electron chi connectivity index (χ3n) is 4.57. The number of nitrogens with one attached hydrogen (secondary N) is 1. The minimum Gasteiger partial charge on any atom is -0.468 e. The molecule has 0 aliphatic carbocycles. The molecule has 1 aromatic heterocycles. The molecule has 2 aromatic rings. The van der Waals surface area contributed by atoms with E-state index in [0.29, 0.717) is 6.04 Å². The van der Waals surface area contributed by atoms with Gasteiger partial charge in [-0.1, -0.05) is 11.6 Å². The van der Waals surface area contributed by atoms with Crippen molar-refractivity contribution in [2.45, 2.75) is 32.7 Å².